The average Bonchev–Trinajstić information content (AvgIpc) is 2.12. The van der Waals surface area contributed by atoms with E-state index in [2.05, 4.69) is 4.72 Å². The third-order valence-electron chi connectivity index (χ3n) is 1.99. The summed E-state index contributed by atoms with van der Waals surface area (Å²) in [5.41, 5.74) is -0.423. The van der Waals surface area contributed by atoms with Gasteiger partial charge in [-0.25, -0.2) is 8.42 Å². The Morgan fingerprint density at radius 3 is 2.38 bits per heavy atom. The van der Waals surface area contributed by atoms with Crippen LogP contribution < -0.4 is 4.72 Å². The number of nitrogens with zero attached hydrogens (tertiary/aromatic N) is 1. The summed E-state index contributed by atoms with van der Waals surface area (Å²) < 4.78 is 30.5. The molecule has 0 unspecified atom stereocenters. The van der Waals surface area contributed by atoms with Crippen LogP contribution in [0.15, 0.2) is 0 Å². The number of sulfonamides is 1. The fraction of sp³-hybridized carbons (Fsp3) is 0.900. The maximum Gasteiger partial charge on any atom is 0.215 e. The summed E-state index contributed by atoms with van der Waals surface area (Å²) >= 11 is 0. The van der Waals surface area contributed by atoms with Crippen LogP contribution in [-0.4, -0.2) is 33.4 Å². The molecule has 0 aliphatic rings. The lowest BCUT2D eigenvalue weighted by molar-refractivity contribution is 0.163. The third kappa shape index (κ3) is 6.05. The minimum atomic E-state index is -3.45. The van der Waals surface area contributed by atoms with Gasteiger partial charge in [-0.2, -0.15) is 9.98 Å². The average molecular weight is 248 g/mol. The maximum atomic E-state index is 11.6. The molecule has 0 radical (unpaired) electrons. The Morgan fingerprint density at radius 2 is 2.00 bits per heavy atom. The molecule has 0 heterocycles. The lowest BCUT2D eigenvalue weighted by atomic mass is 9.88. The fourth-order valence-corrected chi connectivity index (χ4v) is 2.17. The quantitative estimate of drug-likeness (QED) is 0.708. The summed E-state index contributed by atoms with van der Waals surface area (Å²) in [5.74, 6) is -0.116. The van der Waals surface area contributed by atoms with Crippen LogP contribution in [0, 0.1) is 16.7 Å². The second kappa shape index (κ2) is 6.18. The number of ether oxygens (including phenoxy) is 1. The van der Waals surface area contributed by atoms with Crippen LogP contribution in [0.5, 0.6) is 0 Å². The first kappa shape index (κ1) is 15.4. The maximum absolute atomic E-state index is 11.6. The molecule has 0 aromatic heterocycles. The molecule has 0 aromatic rings. The second-order valence-electron chi connectivity index (χ2n) is 4.56. The van der Waals surface area contributed by atoms with Crippen molar-refractivity contribution in [3.63, 3.8) is 0 Å². The zero-order valence-corrected chi connectivity index (χ0v) is 11.1. The molecule has 16 heavy (non-hydrogen) atoms. The van der Waals surface area contributed by atoms with Crippen molar-refractivity contribution in [2.45, 2.75) is 33.7 Å². The van der Waals surface area contributed by atoms with Crippen molar-refractivity contribution in [2.24, 2.45) is 5.41 Å². The minimum absolute atomic E-state index is 0.116. The molecule has 0 bridgehead atoms. The van der Waals surface area contributed by atoms with Gasteiger partial charge in [0.25, 0.3) is 0 Å². The number of nitriles is 1. The van der Waals surface area contributed by atoms with E-state index < -0.39 is 21.5 Å². The molecule has 6 heteroatoms. The van der Waals surface area contributed by atoms with Crippen LogP contribution in [0.2, 0.25) is 0 Å². The Labute approximate surface area is 97.8 Å². The van der Waals surface area contributed by atoms with Gasteiger partial charge in [-0.1, -0.05) is 20.8 Å². The van der Waals surface area contributed by atoms with Crippen LogP contribution in [0.25, 0.3) is 0 Å². The monoisotopic (exact) mass is 248 g/mol. The molecular weight excluding hydrogens is 228 g/mol. The van der Waals surface area contributed by atoms with Crippen molar-refractivity contribution in [3.05, 3.63) is 0 Å². The van der Waals surface area contributed by atoms with E-state index in [9.17, 15) is 8.42 Å². The summed E-state index contributed by atoms with van der Waals surface area (Å²) in [6, 6.07) is 1.23. The van der Waals surface area contributed by atoms with Crippen LogP contribution in [0.4, 0.5) is 0 Å². The molecule has 0 saturated heterocycles. The van der Waals surface area contributed by atoms with E-state index in [1.807, 2.05) is 26.8 Å². The summed E-state index contributed by atoms with van der Waals surface area (Å²) in [6.45, 7) is 7.86. The number of hydrogen-bond acceptors (Lipinski definition) is 4. The topological polar surface area (TPSA) is 79.2 Å². The smallest absolute Gasteiger partial charge is 0.215 e. The lowest BCUT2D eigenvalue weighted by Crippen LogP contribution is -2.44. The van der Waals surface area contributed by atoms with Crippen molar-refractivity contribution in [1.82, 2.24) is 4.72 Å². The molecule has 1 N–H and O–H groups in total. The normalized spacial score (nSPS) is 14.4. The zero-order chi connectivity index (χ0) is 12.8. The molecule has 1 atom stereocenters. The summed E-state index contributed by atoms with van der Waals surface area (Å²) in [4.78, 5) is 0. The van der Waals surface area contributed by atoms with Crippen LogP contribution >= 0.6 is 0 Å². The Balaban J connectivity index is 4.41. The van der Waals surface area contributed by atoms with Crippen LogP contribution in [-0.2, 0) is 14.8 Å². The van der Waals surface area contributed by atoms with Crippen molar-refractivity contribution >= 4 is 10.0 Å². The zero-order valence-electron chi connectivity index (χ0n) is 10.3. The molecule has 0 aromatic carbocycles. The van der Waals surface area contributed by atoms with Gasteiger partial charge in [0.05, 0.1) is 18.4 Å². The lowest BCUT2D eigenvalue weighted by Gasteiger charge is -2.25. The molecule has 94 valence electrons. The van der Waals surface area contributed by atoms with E-state index in [-0.39, 0.29) is 12.4 Å². The van der Waals surface area contributed by atoms with Gasteiger partial charge in [0, 0.05) is 6.61 Å². The molecule has 0 rings (SSSR count). The molecule has 0 amide bonds. The van der Waals surface area contributed by atoms with E-state index in [1.54, 1.807) is 6.92 Å². The van der Waals surface area contributed by atoms with Crippen molar-refractivity contribution in [1.29, 1.82) is 5.26 Å². The Bertz CT molecular complexity index is 338. The summed E-state index contributed by atoms with van der Waals surface area (Å²) in [7, 11) is -3.45. The van der Waals surface area contributed by atoms with E-state index in [0.717, 1.165) is 0 Å². The van der Waals surface area contributed by atoms with Crippen molar-refractivity contribution < 1.29 is 13.2 Å². The van der Waals surface area contributed by atoms with E-state index in [4.69, 9.17) is 10.00 Å². The van der Waals surface area contributed by atoms with E-state index >= 15 is 0 Å². The second-order valence-corrected chi connectivity index (χ2v) is 6.44. The van der Waals surface area contributed by atoms with Crippen LogP contribution in [0.1, 0.15) is 27.7 Å². The predicted octanol–water partition coefficient (Wildman–Crippen LogP) is 0.881. The Kier molecular flexibility index (Phi) is 5.94. The van der Waals surface area contributed by atoms with Gasteiger partial charge in [-0.05, 0) is 12.3 Å². The molecular formula is C10H20N2O3S. The minimum Gasteiger partial charge on any atom is -0.381 e. The van der Waals surface area contributed by atoms with Gasteiger partial charge < -0.3 is 4.74 Å². The van der Waals surface area contributed by atoms with Crippen molar-refractivity contribution in [2.75, 3.05) is 19.0 Å². The molecule has 5 nitrogen and oxygen atoms in total. The van der Waals surface area contributed by atoms with E-state index in [0.29, 0.717) is 6.61 Å². The Morgan fingerprint density at radius 1 is 1.44 bits per heavy atom. The standard InChI is InChI=1S/C10H20N2O3S/c1-5-15-6-7-16(13,14)12-9(8-11)10(2,3)4/h9,12H,5-7H2,1-4H3/t9-/m1/s1. The van der Waals surface area contributed by atoms with Crippen molar-refractivity contribution in [3.8, 4) is 6.07 Å². The first-order chi connectivity index (χ1) is 7.23. The molecule has 0 aliphatic heterocycles. The predicted molar refractivity (Wildman–Crippen MR) is 62.3 cm³/mol. The first-order valence-corrected chi connectivity index (χ1v) is 6.85. The SMILES string of the molecule is CCOCCS(=O)(=O)N[C@H](C#N)C(C)(C)C. The third-order valence-corrected chi connectivity index (χ3v) is 3.29. The van der Waals surface area contributed by atoms with Gasteiger partial charge in [0.1, 0.15) is 6.04 Å². The molecule has 0 fully saturated rings. The number of hydrogen-bond donors (Lipinski definition) is 1. The van der Waals surface area contributed by atoms with E-state index in [1.165, 1.54) is 0 Å². The van der Waals surface area contributed by atoms with Crippen LogP contribution in [0.3, 0.4) is 0 Å². The highest BCUT2D eigenvalue weighted by atomic mass is 32.2. The van der Waals surface area contributed by atoms with Gasteiger partial charge in [-0.3, -0.25) is 0 Å². The molecule has 0 spiro atoms. The van der Waals surface area contributed by atoms with Gasteiger partial charge in [0.15, 0.2) is 0 Å². The Hall–Kier alpha value is -0.640. The van der Waals surface area contributed by atoms with Gasteiger partial charge in [-0.15, -0.1) is 0 Å². The first-order valence-electron chi connectivity index (χ1n) is 5.20. The highest BCUT2D eigenvalue weighted by molar-refractivity contribution is 7.89. The highest BCUT2D eigenvalue weighted by Crippen LogP contribution is 2.19. The number of rotatable bonds is 6. The van der Waals surface area contributed by atoms with Gasteiger partial charge in [0.2, 0.25) is 10.0 Å². The molecule has 0 saturated carbocycles. The number of nitrogens with one attached hydrogen (secondary N) is 1. The molecule has 0 aliphatic carbocycles. The largest absolute Gasteiger partial charge is 0.381 e. The highest BCUT2D eigenvalue weighted by Gasteiger charge is 2.28. The van der Waals surface area contributed by atoms with Gasteiger partial charge >= 0.3 is 0 Å². The summed E-state index contributed by atoms with van der Waals surface area (Å²) in [6.07, 6.45) is 0. The fourth-order valence-electron chi connectivity index (χ4n) is 0.948. The summed E-state index contributed by atoms with van der Waals surface area (Å²) in [5, 5.41) is 8.89.